The second kappa shape index (κ2) is 3.58. The van der Waals surface area contributed by atoms with Crippen molar-refractivity contribution >= 4 is 47.8 Å². The molecule has 0 saturated heterocycles. The molecule has 0 aromatic heterocycles. The van der Waals surface area contributed by atoms with Crippen LogP contribution in [0.25, 0.3) is 0 Å². The van der Waals surface area contributed by atoms with Crippen LogP contribution < -0.4 is 0 Å². The number of hydrogen-bond acceptors (Lipinski definition) is 0. The molecule has 0 bridgehead atoms. The number of hydrogen-bond donors (Lipinski definition) is 0. The quantitative estimate of drug-likeness (QED) is 0.625. The van der Waals surface area contributed by atoms with Crippen LogP contribution in [0, 0.1) is 6.92 Å². The van der Waals surface area contributed by atoms with Gasteiger partial charge < -0.3 is 0 Å². The SMILES string of the molecule is [CH]c1ccccc1C(Br)(Br)Br. The van der Waals surface area contributed by atoms with E-state index in [-0.39, 0.29) is 0 Å². The smallest absolute Gasteiger partial charge is 0.0620 e. The van der Waals surface area contributed by atoms with Crippen molar-refractivity contribution in [3.63, 3.8) is 0 Å². The first-order valence-electron chi connectivity index (χ1n) is 2.93. The summed E-state index contributed by atoms with van der Waals surface area (Å²) in [6.45, 7) is 5.72. The van der Waals surface area contributed by atoms with Gasteiger partial charge in [-0.2, -0.15) is 0 Å². The molecule has 58 valence electrons. The van der Waals surface area contributed by atoms with Crippen LogP contribution in [0.5, 0.6) is 0 Å². The fraction of sp³-hybridized carbons (Fsp3) is 0.125. The summed E-state index contributed by atoms with van der Waals surface area (Å²) in [7, 11) is 0. The van der Waals surface area contributed by atoms with E-state index in [1.54, 1.807) is 0 Å². The summed E-state index contributed by atoms with van der Waals surface area (Å²) in [5.74, 6) is 0. The summed E-state index contributed by atoms with van der Waals surface area (Å²) in [5, 5.41) is 0. The molecule has 11 heavy (non-hydrogen) atoms. The molecular weight excluding hydrogens is 336 g/mol. The maximum atomic E-state index is 5.72. The Labute approximate surface area is 91.8 Å². The molecule has 0 N–H and O–H groups in total. The molecule has 3 heteroatoms. The van der Waals surface area contributed by atoms with Gasteiger partial charge in [0.2, 0.25) is 0 Å². The lowest BCUT2D eigenvalue weighted by molar-refractivity contribution is 1.33. The lowest BCUT2D eigenvalue weighted by Crippen LogP contribution is -1.99. The summed E-state index contributed by atoms with van der Waals surface area (Å²) in [5.41, 5.74) is 1.72. The molecule has 0 spiro atoms. The van der Waals surface area contributed by atoms with Crippen LogP contribution in [-0.4, -0.2) is 0 Å². The average molecular weight is 341 g/mol. The zero-order valence-electron chi connectivity index (χ0n) is 5.52. The van der Waals surface area contributed by atoms with E-state index in [4.69, 9.17) is 6.92 Å². The van der Waals surface area contributed by atoms with Crippen molar-refractivity contribution in [2.75, 3.05) is 0 Å². The van der Waals surface area contributed by atoms with Crippen LogP contribution in [0.4, 0.5) is 0 Å². The molecule has 0 aliphatic heterocycles. The second-order valence-electron chi connectivity index (χ2n) is 2.09. The monoisotopic (exact) mass is 338 g/mol. The zero-order valence-corrected chi connectivity index (χ0v) is 10.3. The molecule has 1 aromatic carbocycles. The molecular formula is C8H5Br3. The third kappa shape index (κ3) is 2.56. The highest BCUT2D eigenvalue weighted by molar-refractivity contribution is 9.38. The summed E-state index contributed by atoms with van der Waals surface area (Å²) >= 11 is 10.2. The molecule has 0 fully saturated rings. The van der Waals surface area contributed by atoms with Gasteiger partial charge in [0.05, 0.1) is 0 Å². The van der Waals surface area contributed by atoms with Crippen LogP contribution in [0.1, 0.15) is 11.1 Å². The van der Waals surface area contributed by atoms with Gasteiger partial charge in [0.1, 0.15) is 0 Å². The van der Waals surface area contributed by atoms with Gasteiger partial charge in [-0.15, -0.1) is 0 Å². The molecule has 0 saturated carbocycles. The minimum Gasteiger partial charge on any atom is -0.0620 e. The Morgan fingerprint density at radius 3 is 2.00 bits per heavy atom. The number of alkyl halides is 3. The van der Waals surface area contributed by atoms with Gasteiger partial charge in [0, 0.05) is 0 Å². The fourth-order valence-electron chi connectivity index (χ4n) is 0.755. The van der Waals surface area contributed by atoms with Crippen LogP contribution in [0.2, 0.25) is 0 Å². The van der Waals surface area contributed by atoms with Gasteiger partial charge in [-0.25, -0.2) is 0 Å². The van der Waals surface area contributed by atoms with Gasteiger partial charge in [-0.05, 0) is 18.1 Å². The van der Waals surface area contributed by atoms with E-state index in [0.29, 0.717) is 0 Å². The van der Waals surface area contributed by atoms with Crippen molar-refractivity contribution in [2.45, 2.75) is 2.14 Å². The lowest BCUT2D eigenvalue weighted by Gasteiger charge is -2.14. The van der Waals surface area contributed by atoms with Crippen molar-refractivity contribution in [1.29, 1.82) is 0 Å². The Hall–Kier alpha value is 0.660. The first-order chi connectivity index (χ1) is 5.02. The third-order valence-electron chi connectivity index (χ3n) is 1.27. The first-order valence-corrected chi connectivity index (χ1v) is 5.31. The van der Waals surface area contributed by atoms with E-state index in [1.807, 2.05) is 24.3 Å². The molecule has 0 unspecified atom stereocenters. The average Bonchev–Trinajstić information content (AvgIpc) is 1.86. The predicted octanol–water partition coefficient (Wildman–Crippen LogP) is 4.04. The zero-order chi connectivity index (χ0) is 8.48. The highest BCUT2D eigenvalue weighted by atomic mass is 80.0. The van der Waals surface area contributed by atoms with Gasteiger partial charge in [-0.3, -0.25) is 0 Å². The summed E-state index contributed by atoms with van der Waals surface area (Å²) < 4.78 is -0.404. The molecule has 0 amide bonds. The maximum absolute atomic E-state index is 5.72. The molecule has 0 nitrogen and oxygen atoms in total. The van der Waals surface area contributed by atoms with E-state index in [2.05, 4.69) is 47.8 Å². The standard InChI is InChI=1S/C8H5Br3/c1-6-4-2-3-5-7(6)8(9,10)11/h1-5H. The molecule has 0 atom stereocenters. The van der Waals surface area contributed by atoms with E-state index in [9.17, 15) is 0 Å². The topological polar surface area (TPSA) is 0 Å². The van der Waals surface area contributed by atoms with E-state index in [1.165, 1.54) is 0 Å². The summed E-state index contributed by atoms with van der Waals surface area (Å²) in [4.78, 5) is 0. The number of benzene rings is 1. The molecule has 0 heterocycles. The van der Waals surface area contributed by atoms with Gasteiger partial charge >= 0.3 is 0 Å². The van der Waals surface area contributed by atoms with Crippen LogP contribution in [-0.2, 0) is 2.14 Å². The fourth-order valence-corrected chi connectivity index (χ4v) is 1.84. The molecule has 1 rings (SSSR count). The van der Waals surface area contributed by atoms with Crippen molar-refractivity contribution in [1.82, 2.24) is 0 Å². The summed E-state index contributed by atoms with van der Waals surface area (Å²) in [6.07, 6.45) is 0. The minimum atomic E-state index is -0.404. The predicted molar refractivity (Wildman–Crippen MR) is 58.3 cm³/mol. The van der Waals surface area contributed by atoms with Crippen LogP contribution >= 0.6 is 47.8 Å². The third-order valence-corrected chi connectivity index (χ3v) is 2.55. The van der Waals surface area contributed by atoms with E-state index < -0.39 is 2.14 Å². The second-order valence-corrected chi connectivity index (χ2v) is 8.85. The lowest BCUT2D eigenvalue weighted by atomic mass is 10.1. The van der Waals surface area contributed by atoms with Crippen molar-refractivity contribution in [3.8, 4) is 0 Å². The molecule has 2 radical (unpaired) electrons. The first kappa shape index (κ1) is 9.75. The van der Waals surface area contributed by atoms with Crippen LogP contribution in [0.3, 0.4) is 0 Å². The Morgan fingerprint density at radius 1 is 1.09 bits per heavy atom. The Morgan fingerprint density at radius 2 is 1.64 bits per heavy atom. The van der Waals surface area contributed by atoms with E-state index in [0.717, 1.165) is 11.1 Å². The van der Waals surface area contributed by atoms with Crippen molar-refractivity contribution in [3.05, 3.63) is 42.3 Å². The Balaban J connectivity index is 3.14. The normalized spacial score (nSPS) is 11.6. The van der Waals surface area contributed by atoms with Gasteiger partial charge in [0.25, 0.3) is 0 Å². The molecule has 1 aromatic rings. The maximum Gasteiger partial charge on any atom is 0.160 e. The Bertz CT molecular complexity index is 250. The van der Waals surface area contributed by atoms with Gasteiger partial charge in [0.15, 0.2) is 2.14 Å². The Kier molecular flexibility index (Phi) is 3.18. The molecule has 0 aliphatic rings. The minimum absolute atomic E-state index is 0.404. The number of halogens is 3. The summed E-state index contributed by atoms with van der Waals surface area (Å²) in [6, 6.07) is 7.63. The molecule has 0 aliphatic carbocycles. The highest BCUT2D eigenvalue weighted by Crippen LogP contribution is 2.45. The van der Waals surface area contributed by atoms with Gasteiger partial charge in [-0.1, -0.05) is 72.1 Å². The van der Waals surface area contributed by atoms with E-state index >= 15 is 0 Å². The highest BCUT2D eigenvalue weighted by Gasteiger charge is 2.21. The largest absolute Gasteiger partial charge is 0.160 e. The van der Waals surface area contributed by atoms with Crippen molar-refractivity contribution in [2.24, 2.45) is 0 Å². The number of rotatable bonds is 0. The van der Waals surface area contributed by atoms with Crippen LogP contribution in [0.15, 0.2) is 24.3 Å². The van der Waals surface area contributed by atoms with Crippen molar-refractivity contribution < 1.29 is 0 Å².